The zero-order valence-corrected chi connectivity index (χ0v) is 47.7. The number of aromatic nitrogens is 1. The molecule has 0 N–H and O–H groups in total. The lowest BCUT2D eigenvalue weighted by molar-refractivity contribution is 0.207. The van der Waals surface area contributed by atoms with Crippen molar-refractivity contribution in [3.8, 4) is 39.1 Å². The van der Waals surface area contributed by atoms with Crippen LogP contribution >= 0.6 is 0 Å². The van der Waals surface area contributed by atoms with E-state index in [0.29, 0.717) is 0 Å². The lowest BCUT2D eigenvalue weighted by Gasteiger charge is -2.45. The molecule has 10 aromatic rings. The smallest absolute Gasteiger partial charge is 0.333 e. The Bertz CT molecular complexity index is 4110. The minimum atomic E-state index is -0.181. The summed E-state index contributed by atoms with van der Waals surface area (Å²) in [6, 6.07) is 76.0. The molecule has 4 atom stereocenters. The first-order valence-corrected chi connectivity index (χ1v) is 31.1. The van der Waals surface area contributed by atoms with E-state index in [1.54, 1.807) is 11.1 Å². The number of hydrogen-bond donors (Lipinski definition) is 0. The van der Waals surface area contributed by atoms with Crippen LogP contribution in [0.5, 0.6) is 0 Å². The molecule has 0 spiro atoms. The Morgan fingerprint density at radius 3 is 1.69 bits per heavy atom. The maximum absolute atomic E-state index is 2.82. The largest absolute Gasteiger partial charge is 0.376 e. The fourth-order valence-corrected chi connectivity index (χ4v) is 18.7. The second-order valence-corrected chi connectivity index (χ2v) is 26.9. The standard InChI is InChI=1S/C77H72BN3/c1-5-76(45-49-26-27-50(36-49)46-76)55-32-35-70-63(38-55)66-39-56(77(6-2)47-51-28-29-52(37-51)48-77)40-69-74(66)80(70)72-42-60(79(57-20-12-8-13-21-57)58-22-14-9-15-23-58)41-65-64-43-62-61-24-16-17-25-67(61)75(3,4)68(62)44-71(64)81(78(69)73(65)72)59-33-30-54(31-34-59)53-18-10-7-11-19-53/h7-25,30-35,38-44,49-52H,5-6,26-29,36-37,45-48H2,1-4H3. The van der Waals surface area contributed by atoms with Gasteiger partial charge in [-0.05, 0) is 226 Å². The Morgan fingerprint density at radius 1 is 0.469 bits per heavy atom. The van der Waals surface area contributed by atoms with Gasteiger partial charge in [-0.1, -0.05) is 169 Å². The molecule has 1 aromatic heterocycles. The lowest BCUT2D eigenvalue weighted by atomic mass is 9.43. The van der Waals surface area contributed by atoms with Crippen LogP contribution in [0.2, 0.25) is 0 Å². The number of anilines is 5. The van der Waals surface area contributed by atoms with Gasteiger partial charge in [0.25, 0.3) is 0 Å². The molecule has 4 saturated carbocycles. The number of hydrogen-bond acceptors (Lipinski definition) is 2. The van der Waals surface area contributed by atoms with Crippen molar-refractivity contribution in [2.75, 3.05) is 9.71 Å². The van der Waals surface area contributed by atoms with Gasteiger partial charge in [-0.15, -0.1) is 0 Å². The fourth-order valence-electron chi connectivity index (χ4n) is 18.7. The van der Waals surface area contributed by atoms with E-state index in [0.717, 1.165) is 35.0 Å². The van der Waals surface area contributed by atoms with Gasteiger partial charge in [0, 0.05) is 55.9 Å². The van der Waals surface area contributed by atoms with Crippen LogP contribution in [0.4, 0.5) is 28.4 Å². The molecule has 9 aromatic carbocycles. The topological polar surface area (TPSA) is 11.4 Å². The number of para-hydroxylation sites is 2. The molecule has 7 aliphatic rings. The van der Waals surface area contributed by atoms with Crippen molar-refractivity contribution in [2.24, 2.45) is 23.7 Å². The highest BCUT2D eigenvalue weighted by atomic mass is 15.2. The molecule has 0 radical (unpaired) electrons. The molecule has 0 amide bonds. The molecule has 0 saturated heterocycles. The third-order valence-electron chi connectivity index (χ3n) is 22.5. The Kier molecular flexibility index (Phi) is 10.5. The predicted octanol–water partition coefficient (Wildman–Crippen LogP) is 19.2. The average molecular weight is 1050 g/mol. The van der Waals surface area contributed by atoms with E-state index in [1.807, 2.05) is 0 Å². The molecular weight excluding hydrogens is 978 g/mol. The fraction of sp³-hybridized carbons (Fsp3) is 0.299. The molecule has 4 heteroatoms. The number of fused-ring (bicyclic) bond motifs is 14. The molecule has 4 unspecified atom stereocenters. The third-order valence-corrected chi connectivity index (χ3v) is 22.5. The van der Waals surface area contributed by atoms with Gasteiger partial charge < -0.3 is 14.3 Å². The van der Waals surface area contributed by atoms with Gasteiger partial charge in [0.05, 0.1) is 11.0 Å². The maximum atomic E-state index is 2.82. The molecule has 398 valence electrons. The minimum Gasteiger partial charge on any atom is -0.376 e. The maximum Gasteiger partial charge on any atom is 0.333 e. The second kappa shape index (κ2) is 17.7. The minimum absolute atomic E-state index is 0.102. The summed E-state index contributed by atoms with van der Waals surface area (Å²) in [6.45, 7) is 9.84. The van der Waals surface area contributed by atoms with Crippen molar-refractivity contribution >= 4 is 68.0 Å². The Morgan fingerprint density at radius 2 is 1.05 bits per heavy atom. The highest BCUT2D eigenvalue weighted by Gasteiger charge is 2.50. The van der Waals surface area contributed by atoms with E-state index in [-0.39, 0.29) is 23.1 Å². The van der Waals surface area contributed by atoms with E-state index in [2.05, 4.69) is 236 Å². The quantitative estimate of drug-likeness (QED) is 0.134. The van der Waals surface area contributed by atoms with Crippen LogP contribution in [-0.2, 0) is 16.2 Å². The molecule has 5 aliphatic carbocycles. The van der Waals surface area contributed by atoms with Gasteiger partial charge in [-0.25, -0.2) is 0 Å². The van der Waals surface area contributed by atoms with Crippen molar-refractivity contribution in [1.82, 2.24) is 4.57 Å². The molecule has 4 bridgehead atoms. The highest BCUT2D eigenvalue weighted by Crippen LogP contribution is 2.59. The van der Waals surface area contributed by atoms with Crippen LogP contribution in [0.25, 0.3) is 60.9 Å². The van der Waals surface area contributed by atoms with Gasteiger partial charge >= 0.3 is 6.85 Å². The first-order valence-electron chi connectivity index (χ1n) is 31.1. The zero-order valence-electron chi connectivity index (χ0n) is 47.7. The first kappa shape index (κ1) is 48.2. The van der Waals surface area contributed by atoms with E-state index in [4.69, 9.17) is 0 Å². The molecule has 4 fully saturated rings. The summed E-state index contributed by atoms with van der Waals surface area (Å²) in [7, 11) is 0. The monoisotopic (exact) mass is 1050 g/mol. The summed E-state index contributed by atoms with van der Waals surface area (Å²) in [5.41, 5.74) is 26.8. The van der Waals surface area contributed by atoms with E-state index >= 15 is 0 Å². The van der Waals surface area contributed by atoms with Crippen LogP contribution in [-0.4, -0.2) is 11.4 Å². The van der Waals surface area contributed by atoms with Crippen molar-refractivity contribution in [3.63, 3.8) is 0 Å². The summed E-state index contributed by atoms with van der Waals surface area (Å²) in [5, 5.41) is 2.89. The van der Waals surface area contributed by atoms with Gasteiger partial charge in [-0.3, -0.25) is 0 Å². The van der Waals surface area contributed by atoms with Gasteiger partial charge in [-0.2, -0.15) is 0 Å². The van der Waals surface area contributed by atoms with E-state index in [9.17, 15) is 0 Å². The van der Waals surface area contributed by atoms with Crippen LogP contribution in [0.1, 0.15) is 127 Å². The second-order valence-electron chi connectivity index (χ2n) is 26.9. The highest BCUT2D eigenvalue weighted by molar-refractivity contribution is 6.93. The van der Waals surface area contributed by atoms with Crippen LogP contribution in [0.3, 0.4) is 0 Å². The normalized spacial score (nSPS) is 24.0. The van der Waals surface area contributed by atoms with Crippen LogP contribution in [0.15, 0.2) is 194 Å². The summed E-state index contributed by atoms with van der Waals surface area (Å²) in [4.78, 5) is 5.33. The van der Waals surface area contributed by atoms with Crippen LogP contribution in [0, 0.1) is 23.7 Å². The summed E-state index contributed by atoms with van der Waals surface area (Å²) in [6.07, 6.45) is 16.1. The van der Waals surface area contributed by atoms with E-state index < -0.39 is 0 Å². The number of benzene rings is 9. The van der Waals surface area contributed by atoms with Gasteiger partial charge in [0.1, 0.15) is 0 Å². The molecule has 81 heavy (non-hydrogen) atoms. The average Bonchev–Trinajstić information content (AvgIpc) is 2.24. The molecule has 17 rings (SSSR count). The Hall–Kier alpha value is -7.56. The Labute approximate surface area is 479 Å². The SMILES string of the molecule is CCC1(c2ccc3c(c2)c2cc(C4(CC)CC5CCC(C5)C4)cc4c2n3-c2cc(N(c3ccccc3)c3ccccc3)cc3c2B4N(c2ccc(-c4ccccc4)cc2)c2cc4c(cc2-3)-c2ccccc2C4(C)C)CC2CCC(C2)C1. The molecule has 3 heterocycles. The van der Waals surface area contributed by atoms with Gasteiger partial charge in [0.15, 0.2) is 0 Å². The van der Waals surface area contributed by atoms with Gasteiger partial charge in [0.2, 0.25) is 0 Å². The zero-order chi connectivity index (χ0) is 53.9. The molecule has 2 aliphatic heterocycles. The number of rotatable bonds is 9. The summed E-state index contributed by atoms with van der Waals surface area (Å²) in [5.74, 6) is 3.33. The van der Waals surface area contributed by atoms with E-state index in [1.165, 1.54) is 177 Å². The lowest BCUT2D eigenvalue weighted by Crippen LogP contribution is -2.61. The predicted molar refractivity (Wildman–Crippen MR) is 342 cm³/mol. The summed E-state index contributed by atoms with van der Waals surface area (Å²) < 4.78 is 2.78. The number of nitrogens with zero attached hydrogens (tertiary/aromatic N) is 3. The van der Waals surface area contributed by atoms with Crippen molar-refractivity contribution in [3.05, 3.63) is 216 Å². The van der Waals surface area contributed by atoms with Crippen LogP contribution < -0.4 is 20.6 Å². The first-order chi connectivity index (χ1) is 39.7. The summed E-state index contributed by atoms with van der Waals surface area (Å²) >= 11 is 0. The van der Waals surface area contributed by atoms with Crippen molar-refractivity contribution in [1.29, 1.82) is 0 Å². The molecular formula is C77H72BN3. The van der Waals surface area contributed by atoms with Crippen molar-refractivity contribution in [2.45, 2.75) is 121 Å². The van der Waals surface area contributed by atoms with Crippen molar-refractivity contribution < 1.29 is 0 Å². The Balaban J connectivity index is 1.01. The molecule has 3 nitrogen and oxygen atoms in total. The third kappa shape index (κ3) is 7.01.